The van der Waals surface area contributed by atoms with Crippen LogP contribution in [0.1, 0.15) is 37.7 Å². The second-order valence-corrected chi connectivity index (χ2v) is 5.62. The van der Waals surface area contributed by atoms with Gasteiger partial charge in [-0.1, -0.05) is 49.6 Å². The highest BCUT2D eigenvalue weighted by Gasteiger charge is 2.25. The van der Waals surface area contributed by atoms with E-state index in [4.69, 9.17) is 0 Å². The van der Waals surface area contributed by atoms with E-state index in [2.05, 4.69) is 49.3 Å². The number of benzene rings is 1. The second-order valence-electron chi connectivity index (χ2n) is 5.62. The van der Waals surface area contributed by atoms with E-state index >= 15 is 0 Å². The Labute approximate surface area is 118 Å². The molecule has 1 aromatic rings. The lowest BCUT2D eigenvalue weighted by atomic mass is 9.81. The molecule has 1 nitrogen and oxygen atoms in total. The monoisotopic (exact) mass is 267 g/mol. The van der Waals surface area contributed by atoms with Crippen LogP contribution in [0.5, 0.6) is 0 Å². The van der Waals surface area contributed by atoms with Crippen LogP contribution in [0.2, 0.25) is 0 Å². The first kappa shape index (κ1) is 15.5. The van der Waals surface area contributed by atoms with E-state index in [1.54, 1.807) is 0 Å². The fraction of sp³-hybridized carbons (Fsp3) is 0.625. The molecule has 0 saturated heterocycles. The maximum atomic E-state index is 2.43. The molecule has 1 aliphatic carbocycles. The molecule has 0 amide bonds. The summed E-state index contributed by atoms with van der Waals surface area (Å²) in [5.74, 6) is 0.902. The quantitative estimate of drug-likeness (QED) is 0.792. The van der Waals surface area contributed by atoms with Crippen molar-refractivity contribution in [3.05, 3.63) is 35.9 Å². The fourth-order valence-corrected chi connectivity index (χ4v) is 3.15. The molecule has 1 aliphatic rings. The summed E-state index contributed by atoms with van der Waals surface area (Å²) in [6.45, 7) is 0. The molecular weight excluding hydrogens is 242 g/mol. The van der Waals surface area contributed by atoms with Crippen LogP contribution in [0.25, 0.3) is 0 Å². The third-order valence-corrected chi connectivity index (χ3v) is 4.14. The molecule has 102 valence electrons. The lowest BCUT2D eigenvalue weighted by molar-refractivity contribution is 0.169. The molecule has 1 saturated carbocycles. The topological polar surface area (TPSA) is 3.24 Å². The summed E-state index contributed by atoms with van der Waals surface area (Å²) in [5.41, 5.74) is 1.48. The Morgan fingerprint density at radius 1 is 1.06 bits per heavy atom. The van der Waals surface area contributed by atoms with Gasteiger partial charge in [0.1, 0.15) is 0 Å². The second kappa shape index (κ2) is 7.81. The van der Waals surface area contributed by atoms with Crippen molar-refractivity contribution < 1.29 is 0 Å². The van der Waals surface area contributed by atoms with Gasteiger partial charge >= 0.3 is 0 Å². The van der Waals surface area contributed by atoms with Gasteiger partial charge in [-0.25, -0.2) is 0 Å². The van der Waals surface area contributed by atoms with Gasteiger partial charge in [0.15, 0.2) is 0 Å². The number of rotatable bonds is 4. The predicted molar refractivity (Wildman–Crippen MR) is 81.4 cm³/mol. The maximum absolute atomic E-state index is 2.43. The SMILES string of the molecule is CN(C)C(Cc1ccccc1)C1CCCCC1.Cl. The summed E-state index contributed by atoms with van der Waals surface area (Å²) >= 11 is 0. The highest BCUT2D eigenvalue weighted by Crippen LogP contribution is 2.29. The molecule has 0 bridgehead atoms. The largest absolute Gasteiger partial charge is 0.306 e. The summed E-state index contributed by atoms with van der Waals surface area (Å²) in [7, 11) is 4.48. The molecule has 0 heterocycles. The molecule has 1 atom stereocenters. The summed E-state index contributed by atoms with van der Waals surface area (Å²) < 4.78 is 0. The highest BCUT2D eigenvalue weighted by molar-refractivity contribution is 5.85. The lowest BCUT2D eigenvalue weighted by Crippen LogP contribution is -2.38. The summed E-state index contributed by atoms with van der Waals surface area (Å²) in [4.78, 5) is 2.43. The Balaban J connectivity index is 0.00000162. The van der Waals surface area contributed by atoms with Crippen LogP contribution >= 0.6 is 12.4 Å². The minimum atomic E-state index is 0. The minimum Gasteiger partial charge on any atom is -0.306 e. The zero-order chi connectivity index (χ0) is 12.1. The molecule has 0 radical (unpaired) electrons. The smallest absolute Gasteiger partial charge is 0.0158 e. The molecule has 2 heteroatoms. The van der Waals surface area contributed by atoms with Crippen molar-refractivity contribution in [1.29, 1.82) is 0 Å². The molecule has 0 spiro atoms. The number of likely N-dealkylation sites (N-methyl/N-ethyl adjacent to an activating group) is 1. The van der Waals surface area contributed by atoms with Gasteiger partial charge in [0.05, 0.1) is 0 Å². The summed E-state index contributed by atoms with van der Waals surface area (Å²) in [6.07, 6.45) is 8.37. The van der Waals surface area contributed by atoms with Crippen LogP contribution in [-0.4, -0.2) is 25.0 Å². The highest BCUT2D eigenvalue weighted by atomic mass is 35.5. The first-order chi connectivity index (χ1) is 8.27. The van der Waals surface area contributed by atoms with E-state index in [1.165, 1.54) is 44.1 Å². The van der Waals surface area contributed by atoms with Gasteiger partial charge in [-0.15, -0.1) is 12.4 Å². The van der Waals surface area contributed by atoms with Crippen LogP contribution in [0, 0.1) is 5.92 Å². The van der Waals surface area contributed by atoms with Crippen molar-refractivity contribution in [3.63, 3.8) is 0 Å². The van der Waals surface area contributed by atoms with E-state index in [0.29, 0.717) is 0 Å². The van der Waals surface area contributed by atoms with Gasteiger partial charge in [-0.05, 0) is 44.8 Å². The van der Waals surface area contributed by atoms with Gasteiger partial charge in [0.25, 0.3) is 0 Å². The average molecular weight is 268 g/mol. The van der Waals surface area contributed by atoms with Gasteiger partial charge in [-0.3, -0.25) is 0 Å². The molecular formula is C16H26ClN. The number of hydrogen-bond acceptors (Lipinski definition) is 1. The van der Waals surface area contributed by atoms with Gasteiger partial charge in [0, 0.05) is 6.04 Å². The van der Waals surface area contributed by atoms with Gasteiger partial charge in [-0.2, -0.15) is 0 Å². The average Bonchev–Trinajstić information content (AvgIpc) is 2.38. The van der Waals surface area contributed by atoms with E-state index in [0.717, 1.165) is 12.0 Å². The Hall–Kier alpha value is -0.530. The van der Waals surface area contributed by atoms with Gasteiger partial charge in [0.2, 0.25) is 0 Å². The summed E-state index contributed by atoms with van der Waals surface area (Å²) in [5, 5.41) is 0. The zero-order valence-corrected chi connectivity index (χ0v) is 12.5. The third-order valence-electron chi connectivity index (χ3n) is 4.14. The minimum absolute atomic E-state index is 0. The zero-order valence-electron chi connectivity index (χ0n) is 11.6. The number of hydrogen-bond donors (Lipinski definition) is 0. The first-order valence-electron chi connectivity index (χ1n) is 6.97. The summed E-state index contributed by atoms with van der Waals surface area (Å²) in [6, 6.07) is 11.7. The normalized spacial score (nSPS) is 18.4. The molecule has 1 fully saturated rings. The van der Waals surface area contributed by atoms with E-state index < -0.39 is 0 Å². The molecule has 2 rings (SSSR count). The van der Waals surface area contributed by atoms with Crippen molar-refractivity contribution in [2.75, 3.05) is 14.1 Å². The van der Waals surface area contributed by atoms with Crippen LogP contribution in [0.15, 0.2) is 30.3 Å². The lowest BCUT2D eigenvalue weighted by Gasteiger charge is -2.35. The molecule has 1 unspecified atom stereocenters. The van der Waals surface area contributed by atoms with Crippen molar-refractivity contribution >= 4 is 12.4 Å². The van der Waals surface area contributed by atoms with Crippen LogP contribution < -0.4 is 0 Å². The molecule has 0 aliphatic heterocycles. The fourth-order valence-electron chi connectivity index (χ4n) is 3.15. The Morgan fingerprint density at radius 2 is 1.67 bits per heavy atom. The first-order valence-corrected chi connectivity index (χ1v) is 6.97. The van der Waals surface area contributed by atoms with Crippen LogP contribution in [0.3, 0.4) is 0 Å². The molecule has 18 heavy (non-hydrogen) atoms. The third kappa shape index (κ3) is 4.29. The number of nitrogens with zero attached hydrogens (tertiary/aromatic N) is 1. The Bertz CT molecular complexity index is 317. The van der Waals surface area contributed by atoms with E-state index in [-0.39, 0.29) is 12.4 Å². The van der Waals surface area contributed by atoms with Crippen molar-refractivity contribution in [2.24, 2.45) is 5.92 Å². The van der Waals surface area contributed by atoms with E-state index in [9.17, 15) is 0 Å². The van der Waals surface area contributed by atoms with Crippen LogP contribution in [0.4, 0.5) is 0 Å². The Morgan fingerprint density at radius 3 is 2.22 bits per heavy atom. The van der Waals surface area contributed by atoms with Crippen LogP contribution in [-0.2, 0) is 6.42 Å². The molecule has 0 aromatic heterocycles. The Kier molecular flexibility index (Phi) is 6.73. The van der Waals surface area contributed by atoms with Gasteiger partial charge < -0.3 is 4.90 Å². The van der Waals surface area contributed by atoms with Crippen molar-refractivity contribution in [2.45, 2.75) is 44.6 Å². The standard InChI is InChI=1S/C16H25N.ClH/c1-17(2)16(15-11-7-4-8-12-15)13-14-9-5-3-6-10-14;/h3,5-6,9-10,15-16H,4,7-8,11-13H2,1-2H3;1H. The maximum Gasteiger partial charge on any atom is 0.0158 e. The van der Waals surface area contributed by atoms with Crippen molar-refractivity contribution in [3.8, 4) is 0 Å². The van der Waals surface area contributed by atoms with E-state index in [1.807, 2.05) is 0 Å². The molecule has 1 aromatic carbocycles. The molecule has 0 N–H and O–H groups in total. The van der Waals surface area contributed by atoms with Crippen molar-refractivity contribution in [1.82, 2.24) is 4.90 Å². The number of halogens is 1. The predicted octanol–water partition coefficient (Wildman–Crippen LogP) is 4.16.